The molecule has 2 aliphatic rings. The Morgan fingerprint density at radius 2 is 1.88 bits per heavy atom. The lowest BCUT2D eigenvalue weighted by Gasteiger charge is -2.32. The topological polar surface area (TPSA) is 117 Å². The zero-order valence-corrected chi connectivity index (χ0v) is 23.7. The number of carbonyl (C=O) groups is 1. The van der Waals surface area contributed by atoms with Crippen LogP contribution in [0.15, 0.2) is 24.4 Å². The molecular weight excluding hydrogens is 532 g/mol. The third kappa shape index (κ3) is 6.92. The van der Waals surface area contributed by atoms with E-state index in [2.05, 4.69) is 20.6 Å². The highest BCUT2D eigenvalue weighted by Crippen LogP contribution is 2.38. The first-order valence-corrected chi connectivity index (χ1v) is 14.6. The van der Waals surface area contributed by atoms with E-state index in [1.165, 1.54) is 12.1 Å². The monoisotopic (exact) mass is 571 g/mol. The molecule has 0 atom stereocenters. The lowest BCUT2D eigenvalue weighted by Crippen LogP contribution is -2.37. The van der Waals surface area contributed by atoms with Crippen molar-refractivity contribution in [2.24, 2.45) is 5.92 Å². The van der Waals surface area contributed by atoms with Crippen LogP contribution in [0, 0.1) is 17.6 Å². The van der Waals surface area contributed by atoms with Crippen LogP contribution in [0.3, 0.4) is 0 Å². The number of nitrogens with zero attached hydrogens (tertiary/aromatic N) is 5. The van der Waals surface area contributed by atoms with Crippen molar-refractivity contribution in [2.45, 2.75) is 76.5 Å². The Bertz CT molecular complexity index is 1340. The Morgan fingerprint density at radius 3 is 2.59 bits per heavy atom. The summed E-state index contributed by atoms with van der Waals surface area (Å²) in [6, 6.07) is 3.51. The van der Waals surface area contributed by atoms with Gasteiger partial charge in [0, 0.05) is 44.3 Å². The Hall–Kier alpha value is -3.38. The molecule has 0 saturated heterocycles. The fourth-order valence-electron chi connectivity index (χ4n) is 5.86. The van der Waals surface area contributed by atoms with Gasteiger partial charge in [-0.05, 0) is 70.4 Å². The largest absolute Gasteiger partial charge is 0.393 e. The van der Waals surface area contributed by atoms with Crippen molar-refractivity contribution < 1.29 is 23.4 Å². The normalized spacial score (nSPS) is 23.0. The fourth-order valence-corrected chi connectivity index (χ4v) is 5.86. The van der Waals surface area contributed by atoms with Gasteiger partial charge in [-0.3, -0.25) is 9.36 Å². The van der Waals surface area contributed by atoms with Crippen molar-refractivity contribution >= 4 is 34.7 Å². The van der Waals surface area contributed by atoms with E-state index in [4.69, 9.17) is 9.72 Å². The zero-order chi connectivity index (χ0) is 28.9. The molecule has 0 unspecified atom stereocenters. The number of ether oxygens (including phenoxy) is 1. The highest BCUT2D eigenvalue weighted by molar-refractivity contribution is 5.79. The molecule has 10 nitrogen and oxygen atoms in total. The van der Waals surface area contributed by atoms with E-state index in [1.807, 2.05) is 18.5 Å². The molecule has 5 rings (SSSR count). The molecule has 1 amide bonds. The van der Waals surface area contributed by atoms with E-state index in [9.17, 15) is 18.7 Å². The first-order chi connectivity index (χ1) is 19.8. The van der Waals surface area contributed by atoms with E-state index in [-0.39, 0.29) is 35.7 Å². The van der Waals surface area contributed by atoms with E-state index >= 15 is 0 Å². The van der Waals surface area contributed by atoms with Gasteiger partial charge < -0.3 is 25.4 Å². The average molecular weight is 572 g/mol. The summed E-state index contributed by atoms with van der Waals surface area (Å²) in [5.41, 5.74) is 1.26. The molecule has 222 valence electrons. The van der Waals surface area contributed by atoms with Gasteiger partial charge in [0.05, 0.1) is 24.6 Å². The number of aliphatic hydroxyl groups is 1. The number of halogens is 2. The molecule has 2 aromatic heterocycles. The van der Waals surface area contributed by atoms with Crippen LogP contribution < -0.4 is 10.6 Å². The summed E-state index contributed by atoms with van der Waals surface area (Å²) in [6.07, 6.45) is 7.35. The van der Waals surface area contributed by atoms with Gasteiger partial charge in [0.1, 0.15) is 17.2 Å². The first-order valence-electron chi connectivity index (χ1n) is 14.6. The maximum atomic E-state index is 14.6. The predicted octanol–water partition coefficient (Wildman–Crippen LogP) is 4.79. The van der Waals surface area contributed by atoms with Crippen molar-refractivity contribution in [3.63, 3.8) is 0 Å². The highest BCUT2D eigenvalue weighted by atomic mass is 19.1. The molecule has 0 aliphatic heterocycles. The van der Waals surface area contributed by atoms with Crippen molar-refractivity contribution in [3.8, 4) is 0 Å². The van der Waals surface area contributed by atoms with Gasteiger partial charge >= 0.3 is 0 Å². The number of fused-ring (bicyclic) bond motifs is 1. The predicted molar refractivity (Wildman–Crippen MR) is 152 cm³/mol. The molecule has 0 bridgehead atoms. The number of nitrogens with one attached hydrogen (secondary N) is 2. The summed E-state index contributed by atoms with van der Waals surface area (Å²) in [7, 11) is 1.81. The van der Waals surface area contributed by atoms with Crippen LogP contribution in [-0.4, -0.2) is 74.4 Å². The van der Waals surface area contributed by atoms with Crippen LogP contribution in [0.1, 0.15) is 64.3 Å². The summed E-state index contributed by atoms with van der Waals surface area (Å²) in [4.78, 5) is 28.8. The minimum absolute atomic E-state index is 0.0311. The maximum Gasteiger partial charge on any atom is 0.225 e. The van der Waals surface area contributed by atoms with Crippen LogP contribution in [-0.2, 0) is 9.53 Å². The summed E-state index contributed by atoms with van der Waals surface area (Å²) < 4.78 is 35.5. The number of hydrogen-bond donors (Lipinski definition) is 3. The standard InChI is InChI=1S/C29H39F2N7O3/c1-3-41-15-14-37(2)27(40)18-4-9-21(10-5-18)38-26-25(35-29(38)34-24-13-6-19(30)16-23(24)31)17-32-28(36-26)33-20-7-11-22(39)12-8-20/h6,13,16-18,20-22,39H,3-5,7-12,14-15H2,1-2H3,(H,34,35)(H,32,33,36)/t18-,20-,21+,22-. The lowest BCUT2D eigenvalue weighted by molar-refractivity contribution is -0.136. The number of amides is 1. The Labute approximate surface area is 238 Å². The minimum Gasteiger partial charge on any atom is -0.393 e. The van der Waals surface area contributed by atoms with Gasteiger partial charge in [-0.2, -0.15) is 4.98 Å². The lowest BCUT2D eigenvalue weighted by atomic mass is 9.85. The van der Waals surface area contributed by atoms with Crippen molar-refractivity contribution in [1.82, 2.24) is 24.4 Å². The first kappa shape index (κ1) is 29.1. The molecule has 0 spiro atoms. The third-order valence-electron chi connectivity index (χ3n) is 8.20. The van der Waals surface area contributed by atoms with Crippen LogP contribution in [0.5, 0.6) is 0 Å². The quantitative estimate of drug-likeness (QED) is 0.298. The molecule has 2 fully saturated rings. The molecule has 3 aromatic rings. The second-order valence-electron chi connectivity index (χ2n) is 11.1. The Kier molecular flexibility index (Phi) is 9.29. The molecule has 1 aromatic carbocycles. The molecule has 2 saturated carbocycles. The van der Waals surface area contributed by atoms with Crippen LogP contribution in [0.2, 0.25) is 0 Å². The number of likely N-dealkylation sites (N-methyl/N-ethyl adjacent to an activating group) is 1. The van der Waals surface area contributed by atoms with Gasteiger partial charge in [0.15, 0.2) is 5.65 Å². The van der Waals surface area contributed by atoms with Gasteiger partial charge in [0.2, 0.25) is 17.8 Å². The summed E-state index contributed by atoms with van der Waals surface area (Å²) in [5.74, 6) is -0.474. The molecular formula is C29H39F2N7O3. The van der Waals surface area contributed by atoms with Crippen molar-refractivity contribution in [1.29, 1.82) is 0 Å². The van der Waals surface area contributed by atoms with Crippen molar-refractivity contribution in [2.75, 3.05) is 37.4 Å². The van der Waals surface area contributed by atoms with Gasteiger partial charge in [-0.25, -0.2) is 18.7 Å². The number of aromatic nitrogens is 4. The molecule has 2 heterocycles. The third-order valence-corrected chi connectivity index (χ3v) is 8.20. The van der Waals surface area contributed by atoms with Crippen LogP contribution in [0.4, 0.5) is 26.4 Å². The number of anilines is 3. The van der Waals surface area contributed by atoms with Crippen molar-refractivity contribution in [3.05, 3.63) is 36.0 Å². The summed E-state index contributed by atoms with van der Waals surface area (Å²) in [5, 5.41) is 16.3. The number of hydrogen-bond acceptors (Lipinski definition) is 8. The molecule has 3 N–H and O–H groups in total. The summed E-state index contributed by atoms with van der Waals surface area (Å²) >= 11 is 0. The maximum absolute atomic E-state index is 14.6. The zero-order valence-electron chi connectivity index (χ0n) is 23.7. The van der Waals surface area contributed by atoms with Crippen LogP contribution >= 0.6 is 0 Å². The number of benzene rings is 1. The SMILES string of the molecule is CCOCCN(C)C(=O)[C@H]1CC[C@@H](n2c(Nc3ccc(F)cc3F)nc3cnc(N[C@H]4CC[C@H](O)CC4)nc32)CC1. The number of carbonyl (C=O) groups excluding carboxylic acids is 1. The van der Waals surface area contributed by atoms with E-state index in [1.54, 1.807) is 11.1 Å². The van der Waals surface area contributed by atoms with Crippen LogP contribution in [0.25, 0.3) is 11.2 Å². The Balaban J connectivity index is 1.39. The number of aliphatic hydroxyl groups excluding tert-OH is 1. The van der Waals surface area contributed by atoms with E-state index < -0.39 is 11.6 Å². The van der Waals surface area contributed by atoms with Gasteiger partial charge in [-0.15, -0.1) is 0 Å². The Morgan fingerprint density at radius 1 is 1.12 bits per heavy atom. The molecule has 41 heavy (non-hydrogen) atoms. The van der Waals surface area contributed by atoms with E-state index in [0.29, 0.717) is 55.7 Å². The van der Waals surface area contributed by atoms with E-state index in [0.717, 1.165) is 44.6 Å². The second-order valence-corrected chi connectivity index (χ2v) is 11.1. The second kappa shape index (κ2) is 13.1. The molecule has 12 heteroatoms. The number of imidazole rings is 1. The smallest absolute Gasteiger partial charge is 0.225 e. The molecule has 0 radical (unpaired) electrons. The minimum atomic E-state index is -0.721. The highest BCUT2D eigenvalue weighted by Gasteiger charge is 2.31. The average Bonchev–Trinajstić information content (AvgIpc) is 3.32. The number of rotatable bonds is 10. The van der Waals surface area contributed by atoms with Gasteiger partial charge in [-0.1, -0.05) is 0 Å². The fraction of sp³-hybridized carbons (Fsp3) is 0.586. The molecule has 2 aliphatic carbocycles. The van der Waals surface area contributed by atoms with Gasteiger partial charge in [0.25, 0.3) is 0 Å². The summed E-state index contributed by atoms with van der Waals surface area (Å²) in [6.45, 7) is 3.63.